The van der Waals surface area contributed by atoms with Gasteiger partial charge in [0.05, 0.1) is 89.9 Å². The summed E-state index contributed by atoms with van der Waals surface area (Å²) >= 11 is 0. The number of carbonyl (C=O) groups excluding carboxylic acids is 3. The molecule has 2 unspecified atom stereocenters. The van der Waals surface area contributed by atoms with E-state index >= 15 is 0 Å². The number of imidazole rings is 3. The van der Waals surface area contributed by atoms with Gasteiger partial charge in [0.25, 0.3) is 0 Å². The van der Waals surface area contributed by atoms with E-state index in [0.29, 0.717) is 164 Å². The standard InChI is InChI=1S/C30H34N4O6.C25H26N4O4.C24H27N3O6.C6H6N.C4H8O.CH4.BrH.Mg/c1-16-21(8-7-11-31-16)30(36,27-37-12-13-38-27)22-14-20(24-17(2)33-40-18(24)3)15-23-25(22)32-26(19-9-10-19)34(23)28(35)39-29(4,5)6;1-13-18(5-4-8-26-13)25(30,24-31-9-10-32-24)19-11-17(21-14(2)29-33-15(21)3)12-20-22(19)28-23(27-20)16-6-7-16;1-12-18(13(2)33-26-12)15-10-16(20(28)22-30-8-9-31-22)19-17(11-15)27(21(25-19)14-6-7-14)23(29)32-24(3,4)5;1-6-4-2-3-5-7-6;1-2-4-5-3-1;;;/h7-8,11,14-15,19,27,36H,9-10,12-13H2,1-6H3;4-5,8,11-12,16,24,30H,6-7,9-10H2,1-3H3,(H,27,28);10-11,14,22H,6-9H2,1-5H3;2-3,5H,1H3;1-4H2;1H4;1H;/q;;;-1;;;;+2/p-1. The molecule has 29 nitrogen and oxygen atoms in total. The molecule has 31 heteroatoms. The summed E-state index contributed by atoms with van der Waals surface area (Å²) in [5.74, 6) is 4.47. The number of benzene rings is 3. The molecule has 3 aromatic carbocycles. The van der Waals surface area contributed by atoms with Crippen LogP contribution in [0.4, 0.5) is 9.59 Å². The number of carbonyl (C=O) groups is 3. The third-order valence-corrected chi connectivity index (χ3v) is 21.4. The fraction of sp³-hybridized carbons (Fsp3) is 0.467. The molecule has 0 spiro atoms. The van der Waals surface area contributed by atoms with Crippen molar-refractivity contribution in [1.29, 1.82) is 0 Å². The van der Waals surface area contributed by atoms with Crippen LogP contribution in [-0.4, -0.2) is 194 Å². The minimum absolute atomic E-state index is 0. The normalized spacial score (nSPS) is 17.2. The molecule has 12 aromatic rings. The second-order valence-corrected chi connectivity index (χ2v) is 32.9. The van der Waals surface area contributed by atoms with Crippen molar-refractivity contribution >= 4 is 74.1 Å². The smallest absolute Gasteiger partial charge is 1.00 e. The zero-order chi connectivity index (χ0) is 83.3. The molecule has 7 aliphatic rings. The summed E-state index contributed by atoms with van der Waals surface area (Å²) in [6.45, 7) is 31.9. The largest absolute Gasteiger partial charge is 2.00 e. The number of ketones is 1. The molecule has 121 heavy (non-hydrogen) atoms. The zero-order valence-electron chi connectivity index (χ0n) is 70.5. The van der Waals surface area contributed by atoms with Crippen LogP contribution in [0.25, 0.3) is 66.5 Å². The molecule has 3 N–H and O–H groups in total. The topological polar surface area (TPSA) is 356 Å². The number of aliphatic hydroxyl groups is 2. The fourth-order valence-electron chi connectivity index (χ4n) is 15.5. The monoisotopic (exact) mass is 1730 g/mol. The average Bonchev–Trinajstić information content (AvgIpc) is 1.35. The van der Waals surface area contributed by atoms with E-state index in [1.807, 2.05) is 158 Å². The van der Waals surface area contributed by atoms with Crippen molar-refractivity contribution in [3.05, 3.63) is 194 Å². The maximum absolute atomic E-state index is 13.7. The Morgan fingerprint density at radius 3 is 1.28 bits per heavy atom. The van der Waals surface area contributed by atoms with Gasteiger partial charge in [0, 0.05) is 93.7 Å². The van der Waals surface area contributed by atoms with Gasteiger partial charge in [-0.05, 0) is 220 Å². The van der Waals surface area contributed by atoms with E-state index in [4.69, 9.17) is 71.2 Å². The molecule has 0 bridgehead atoms. The first-order chi connectivity index (χ1) is 56.5. The quantitative estimate of drug-likeness (QED) is 0.0517. The number of aromatic amines is 1. The van der Waals surface area contributed by atoms with E-state index in [2.05, 4.69) is 47.5 Å². The van der Waals surface area contributed by atoms with Gasteiger partial charge >= 0.3 is 35.2 Å². The maximum atomic E-state index is 13.7. The Morgan fingerprint density at radius 1 is 0.488 bits per heavy atom. The van der Waals surface area contributed by atoms with Crippen LogP contribution in [0.2, 0.25) is 0 Å². The average molecular weight is 1730 g/mol. The third-order valence-electron chi connectivity index (χ3n) is 21.4. The minimum Gasteiger partial charge on any atom is -1.00 e. The predicted octanol–water partition coefficient (Wildman–Crippen LogP) is 13.1. The van der Waals surface area contributed by atoms with Crippen LogP contribution < -0.4 is 17.0 Å². The number of aryl methyl sites for hydroxylation is 9. The zero-order valence-corrected chi connectivity index (χ0v) is 73.5. The van der Waals surface area contributed by atoms with E-state index in [0.717, 1.165) is 96.7 Å². The van der Waals surface area contributed by atoms with Gasteiger partial charge in [0.1, 0.15) is 51.5 Å². The van der Waals surface area contributed by atoms with Gasteiger partial charge in [0.2, 0.25) is 12.1 Å². The number of fused-ring (bicyclic) bond motifs is 3. The Labute approximate surface area is 728 Å². The van der Waals surface area contributed by atoms with E-state index < -0.39 is 53.5 Å². The molecule has 13 heterocycles. The van der Waals surface area contributed by atoms with Gasteiger partial charge in [0.15, 0.2) is 23.8 Å². The van der Waals surface area contributed by atoms with Crippen molar-refractivity contribution in [2.45, 2.75) is 222 Å². The molecule has 2 atom stereocenters. The number of Topliss-reactive ketones (excluding diaryl/α,β-unsaturated/α-hetero) is 1. The summed E-state index contributed by atoms with van der Waals surface area (Å²) in [5.41, 5.74) is 10.4. The molecular weight excluding hydrogens is 1630 g/mol. The number of nitrogens with one attached hydrogen (secondary N) is 1. The van der Waals surface area contributed by atoms with Crippen molar-refractivity contribution in [3.8, 4) is 33.4 Å². The van der Waals surface area contributed by atoms with E-state index in [9.17, 15) is 24.6 Å². The summed E-state index contributed by atoms with van der Waals surface area (Å²) in [5, 5.41) is 37.6. The van der Waals surface area contributed by atoms with Crippen LogP contribution in [0.3, 0.4) is 0 Å². The van der Waals surface area contributed by atoms with Crippen LogP contribution in [0.15, 0.2) is 105 Å². The Morgan fingerprint density at radius 2 is 0.901 bits per heavy atom. The molecule has 3 saturated carbocycles. The summed E-state index contributed by atoms with van der Waals surface area (Å²) in [4.78, 5) is 71.5. The number of pyridine rings is 3. The molecule has 9 aromatic heterocycles. The number of hydrogen-bond donors (Lipinski definition) is 3. The van der Waals surface area contributed by atoms with E-state index in [1.54, 1.807) is 35.3 Å². The fourth-order valence-corrected chi connectivity index (χ4v) is 15.5. The van der Waals surface area contributed by atoms with Crippen LogP contribution in [0.5, 0.6) is 0 Å². The Balaban J connectivity index is 0.000000154. The van der Waals surface area contributed by atoms with Crippen molar-refractivity contribution in [1.82, 2.24) is 59.5 Å². The third kappa shape index (κ3) is 19.2. The Kier molecular flexibility index (Phi) is 28.1. The Bertz CT molecular complexity index is 5620. The molecule has 19 rings (SSSR count). The number of hydrogen-bond acceptors (Lipinski definition) is 26. The van der Waals surface area contributed by atoms with Crippen molar-refractivity contribution in [3.63, 3.8) is 0 Å². The number of ether oxygens (including phenoxy) is 9. The first-order valence-electron chi connectivity index (χ1n) is 40.3. The Hall–Kier alpha value is -9.35. The van der Waals surface area contributed by atoms with Crippen LogP contribution >= 0.6 is 0 Å². The first kappa shape index (κ1) is 90.9. The van der Waals surface area contributed by atoms with Crippen LogP contribution in [-0.2, 0) is 53.8 Å². The van der Waals surface area contributed by atoms with E-state index in [1.165, 1.54) is 17.4 Å². The molecule has 4 saturated heterocycles. The molecule has 3 aliphatic carbocycles. The van der Waals surface area contributed by atoms with Crippen molar-refractivity contribution in [2.24, 2.45) is 0 Å². The molecule has 0 amide bonds. The molecular formula is C90H105BrMgN12O17. The van der Waals surface area contributed by atoms with Crippen molar-refractivity contribution < 1.29 is 97.8 Å². The first-order valence-corrected chi connectivity index (χ1v) is 40.3. The van der Waals surface area contributed by atoms with Crippen molar-refractivity contribution in [2.75, 3.05) is 52.9 Å². The van der Waals surface area contributed by atoms with Gasteiger partial charge in [-0.3, -0.25) is 14.8 Å². The number of H-pyrrole nitrogens is 1. The molecule has 4 aliphatic heterocycles. The second-order valence-electron chi connectivity index (χ2n) is 32.9. The van der Waals surface area contributed by atoms with Gasteiger partial charge in [-0.15, -0.1) is 0 Å². The van der Waals surface area contributed by atoms with Gasteiger partial charge in [-0.1, -0.05) is 46.9 Å². The van der Waals surface area contributed by atoms with Gasteiger partial charge in [-0.2, -0.15) is 6.07 Å². The predicted molar refractivity (Wildman–Crippen MR) is 445 cm³/mol. The van der Waals surface area contributed by atoms with Crippen LogP contribution in [0.1, 0.15) is 220 Å². The minimum atomic E-state index is -1.80. The van der Waals surface area contributed by atoms with Crippen LogP contribution in [0, 0.1) is 68.4 Å². The van der Waals surface area contributed by atoms with Gasteiger partial charge < -0.3 is 93.4 Å². The number of halogens is 1. The number of aromatic nitrogens is 12. The summed E-state index contributed by atoms with van der Waals surface area (Å²) in [7, 11) is 0. The maximum Gasteiger partial charge on any atom is 2.00 e. The summed E-state index contributed by atoms with van der Waals surface area (Å²) in [6, 6.07) is 25.3. The molecule has 7 fully saturated rings. The number of nitrogens with zero attached hydrogens (tertiary/aromatic N) is 11. The number of rotatable bonds is 14. The summed E-state index contributed by atoms with van der Waals surface area (Å²) in [6.07, 6.45) is 9.69. The molecule has 636 valence electrons. The van der Waals surface area contributed by atoms with E-state index in [-0.39, 0.29) is 65.1 Å². The van der Waals surface area contributed by atoms with Gasteiger partial charge in [-0.25, -0.2) is 45.8 Å². The second kappa shape index (κ2) is 37.4. The SMILES string of the molecule is C.C1CCOC1.Cc1[c-]cccn1.Cc1ncccc1C(O)(c1cc(-c2c(C)noc2C)cc2[nH]c(C3CC3)nc12)C1OCCO1.Cc1ncccc1C(O)(c1cc(-c2c(C)noc2C)cc2c1nc(C1CC1)n2C(=O)OC(C)(C)C)C1OCCO1.Cc1noc(C)c1-c1cc(C(=O)C2OCCO2)c2nc(C3CC3)n(C(=O)OC(C)(C)C)c2c1.[Br-].[Mg+2]. The molecule has 0 radical (unpaired) electrons. The summed E-state index contributed by atoms with van der Waals surface area (Å²) < 4.78 is 70.6.